The van der Waals surface area contributed by atoms with Gasteiger partial charge in [-0.05, 0) is 69.2 Å². The molecule has 0 radical (unpaired) electrons. The minimum absolute atomic E-state index is 0.135. The van der Waals surface area contributed by atoms with Crippen molar-refractivity contribution in [3.63, 3.8) is 0 Å². The lowest BCUT2D eigenvalue weighted by molar-refractivity contribution is -0.117. The van der Waals surface area contributed by atoms with Crippen LogP contribution >= 0.6 is 11.6 Å². The number of aryl methyl sites for hydroxylation is 1. The lowest BCUT2D eigenvalue weighted by Crippen LogP contribution is -2.39. The number of rotatable bonds is 8. The first-order valence-electron chi connectivity index (χ1n) is 13.9. The predicted molar refractivity (Wildman–Crippen MR) is 150 cm³/mol. The minimum Gasteiger partial charge on any atom is -0.490 e. The van der Waals surface area contributed by atoms with Crippen LogP contribution in [0.2, 0.25) is 5.02 Å². The lowest BCUT2D eigenvalue weighted by atomic mass is 9.71. The Morgan fingerprint density at radius 2 is 1.61 bits per heavy atom. The molecule has 0 spiro atoms. The number of hydrogen-bond donors (Lipinski definition) is 0. The van der Waals surface area contributed by atoms with Gasteiger partial charge in [-0.3, -0.25) is 9.59 Å². The third kappa shape index (κ3) is 5.01. The van der Waals surface area contributed by atoms with Gasteiger partial charge in [0.25, 0.3) is 0 Å². The van der Waals surface area contributed by atoms with Crippen molar-refractivity contribution in [2.24, 2.45) is 0 Å². The number of carbonyl (C=O) groups excluding carboxylic acids is 2. The number of allylic oxidation sites excluding steroid dienone is 4. The van der Waals surface area contributed by atoms with Crippen molar-refractivity contribution in [2.75, 3.05) is 13.2 Å². The van der Waals surface area contributed by atoms with Crippen molar-refractivity contribution in [2.45, 2.75) is 78.2 Å². The van der Waals surface area contributed by atoms with Crippen LogP contribution < -0.4 is 9.47 Å². The molecule has 0 saturated heterocycles. The zero-order valence-electron chi connectivity index (χ0n) is 22.6. The first-order chi connectivity index (χ1) is 18.4. The Morgan fingerprint density at radius 1 is 0.921 bits per heavy atom. The van der Waals surface area contributed by atoms with Crippen LogP contribution in [-0.4, -0.2) is 29.6 Å². The largest absolute Gasteiger partial charge is 0.490 e. The van der Waals surface area contributed by atoms with Gasteiger partial charge in [-0.1, -0.05) is 48.4 Å². The summed E-state index contributed by atoms with van der Waals surface area (Å²) < 4.78 is 12.2. The van der Waals surface area contributed by atoms with E-state index in [1.807, 2.05) is 44.2 Å². The number of hydrogen-bond acceptors (Lipinski definition) is 5. The van der Waals surface area contributed by atoms with Crippen LogP contribution in [0.1, 0.15) is 81.4 Å². The highest BCUT2D eigenvalue weighted by Gasteiger charge is 2.43. The second kappa shape index (κ2) is 11.4. The smallest absolute Gasteiger partial charge is 0.180 e. The molecule has 0 bridgehead atoms. The fourth-order valence-electron chi connectivity index (χ4n) is 6.16. The van der Waals surface area contributed by atoms with E-state index in [1.165, 1.54) is 0 Å². The van der Waals surface area contributed by atoms with Crippen LogP contribution in [0.15, 0.2) is 58.9 Å². The molecule has 5 nitrogen and oxygen atoms in total. The van der Waals surface area contributed by atoms with Gasteiger partial charge >= 0.3 is 0 Å². The van der Waals surface area contributed by atoms with Crippen molar-refractivity contribution < 1.29 is 19.1 Å². The molecule has 0 unspecified atom stereocenters. The molecule has 2 aliphatic carbocycles. The zero-order valence-corrected chi connectivity index (χ0v) is 23.3. The van der Waals surface area contributed by atoms with Crippen molar-refractivity contribution in [1.29, 1.82) is 0 Å². The number of ketones is 2. The maximum absolute atomic E-state index is 13.5. The topological polar surface area (TPSA) is 55.8 Å². The highest BCUT2D eigenvalue weighted by Crippen LogP contribution is 2.51. The summed E-state index contributed by atoms with van der Waals surface area (Å²) in [5.74, 6) is 0.869. The standard InChI is InChI=1S/C32H36ClNO4/c1-4-15-34-24-11-7-13-26(35)30(24)29(31-25(34)12-8-14-27(31)36)22-17-23(33)32(28(18-22)37-5-2)38-19-21-10-6-9-20(3)16-21/h6,9-10,16-18,29H,4-5,7-8,11-15,19H2,1-3H3. The summed E-state index contributed by atoms with van der Waals surface area (Å²) in [7, 11) is 0. The number of Topliss-reactive ketones (excluding diaryl/α,β-unsaturated/α-hetero) is 2. The maximum Gasteiger partial charge on any atom is 0.180 e. The van der Waals surface area contributed by atoms with Gasteiger partial charge in [-0.25, -0.2) is 0 Å². The summed E-state index contributed by atoms with van der Waals surface area (Å²) in [6.45, 7) is 7.73. The molecule has 0 amide bonds. The average Bonchev–Trinajstić information content (AvgIpc) is 2.89. The molecule has 3 aliphatic rings. The van der Waals surface area contributed by atoms with Crippen LogP contribution in [0.25, 0.3) is 0 Å². The van der Waals surface area contributed by atoms with Gasteiger partial charge < -0.3 is 14.4 Å². The Labute approximate surface area is 230 Å². The van der Waals surface area contributed by atoms with E-state index >= 15 is 0 Å². The SMILES string of the molecule is CCCN1C2=C(C(=O)CCC2)C(c2cc(Cl)c(OCc3cccc(C)c3)c(OCC)c2)C2=C1CCCC2=O. The molecule has 1 aliphatic heterocycles. The first kappa shape index (κ1) is 26.6. The maximum atomic E-state index is 13.5. The van der Waals surface area contributed by atoms with Gasteiger partial charge in [0, 0.05) is 47.8 Å². The van der Waals surface area contributed by atoms with E-state index < -0.39 is 5.92 Å². The molecule has 0 N–H and O–H groups in total. The normalized spacial score (nSPS) is 18.1. The highest BCUT2D eigenvalue weighted by molar-refractivity contribution is 6.32. The number of benzene rings is 2. The summed E-state index contributed by atoms with van der Waals surface area (Å²) in [6, 6.07) is 12.0. The van der Waals surface area contributed by atoms with Gasteiger partial charge in [0.1, 0.15) is 6.61 Å². The van der Waals surface area contributed by atoms with Crippen molar-refractivity contribution in [1.82, 2.24) is 4.90 Å². The average molecular weight is 534 g/mol. The van der Waals surface area contributed by atoms with Gasteiger partial charge in [-0.15, -0.1) is 0 Å². The van der Waals surface area contributed by atoms with Gasteiger partial charge in [0.2, 0.25) is 0 Å². The molecule has 5 rings (SSSR count). The zero-order chi connectivity index (χ0) is 26.8. The molecule has 6 heteroatoms. The number of ether oxygens (including phenoxy) is 2. The predicted octanol–water partition coefficient (Wildman–Crippen LogP) is 7.45. The molecule has 0 aromatic heterocycles. The number of carbonyl (C=O) groups is 2. The van der Waals surface area contributed by atoms with E-state index in [-0.39, 0.29) is 11.6 Å². The second-order valence-electron chi connectivity index (χ2n) is 10.4. The van der Waals surface area contributed by atoms with Crippen LogP contribution in [0.3, 0.4) is 0 Å². The summed E-state index contributed by atoms with van der Waals surface area (Å²) in [5.41, 5.74) is 6.75. The Kier molecular flexibility index (Phi) is 7.94. The summed E-state index contributed by atoms with van der Waals surface area (Å²) in [4.78, 5) is 29.3. The van der Waals surface area contributed by atoms with E-state index in [0.29, 0.717) is 42.6 Å². The second-order valence-corrected chi connectivity index (χ2v) is 10.8. The lowest BCUT2D eigenvalue weighted by Gasteiger charge is -2.44. The van der Waals surface area contributed by atoms with Crippen LogP contribution in [-0.2, 0) is 16.2 Å². The highest BCUT2D eigenvalue weighted by atomic mass is 35.5. The molecule has 2 aromatic carbocycles. The Hall–Kier alpha value is -3.05. The minimum atomic E-state index is -0.420. The molecule has 0 saturated carbocycles. The monoisotopic (exact) mass is 533 g/mol. The fraction of sp³-hybridized carbons (Fsp3) is 0.438. The Balaban J connectivity index is 1.61. The molecule has 0 atom stereocenters. The van der Waals surface area contributed by atoms with Crippen molar-refractivity contribution in [3.8, 4) is 11.5 Å². The third-order valence-corrected chi connectivity index (χ3v) is 7.95. The van der Waals surface area contributed by atoms with Gasteiger partial charge in [0.15, 0.2) is 23.1 Å². The van der Waals surface area contributed by atoms with E-state index in [1.54, 1.807) is 0 Å². The third-order valence-electron chi connectivity index (χ3n) is 7.66. The van der Waals surface area contributed by atoms with E-state index in [0.717, 1.165) is 77.9 Å². The van der Waals surface area contributed by atoms with Crippen LogP contribution in [0.5, 0.6) is 11.5 Å². The first-order valence-corrected chi connectivity index (χ1v) is 14.2. The molecule has 38 heavy (non-hydrogen) atoms. The van der Waals surface area contributed by atoms with E-state index in [4.69, 9.17) is 21.1 Å². The van der Waals surface area contributed by atoms with Crippen molar-refractivity contribution >= 4 is 23.2 Å². The molecule has 200 valence electrons. The van der Waals surface area contributed by atoms with Crippen LogP contribution in [0, 0.1) is 6.92 Å². The van der Waals surface area contributed by atoms with E-state index in [9.17, 15) is 9.59 Å². The quantitative estimate of drug-likeness (QED) is 0.352. The van der Waals surface area contributed by atoms with Crippen molar-refractivity contribution in [3.05, 3.63) is 80.7 Å². The van der Waals surface area contributed by atoms with E-state index in [2.05, 4.69) is 17.9 Å². The Bertz CT molecular complexity index is 1280. The summed E-state index contributed by atoms with van der Waals surface area (Å²) in [6.07, 6.45) is 5.37. The summed E-state index contributed by atoms with van der Waals surface area (Å²) in [5, 5.41) is 0.422. The Morgan fingerprint density at radius 3 is 2.21 bits per heavy atom. The number of nitrogens with zero attached hydrogens (tertiary/aromatic N) is 1. The molecular formula is C32H36ClNO4. The molecule has 1 heterocycles. The van der Waals surface area contributed by atoms with Gasteiger partial charge in [-0.2, -0.15) is 0 Å². The number of halogens is 1. The molecule has 0 fully saturated rings. The van der Waals surface area contributed by atoms with Crippen LogP contribution in [0.4, 0.5) is 0 Å². The molecule has 2 aromatic rings. The summed E-state index contributed by atoms with van der Waals surface area (Å²) >= 11 is 6.87. The van der Waals surface area contributed by atoms with Gasteiger partial charge in [0.05, 0.1) is 11.6 Å². The fourth-order valence-corrected chi connectivity index (χ4v) is 6.43. The molecular weight excluding hydrogens is 498 g/mol.